The normalized spacial score (nSPS) is 12.2. The van der Waals surface area contributed by atoms with Gasteiger partial charge in [0.1, 0.15) is 0 Å². The maximum absolute atomic E-state index is 11.3. The van der Waals surface area contributed by atoms with Crippen LogP contribution in [0.2, 0.25) is 0 Å². The number of aryl methyl sites for hydroxylation is 1. The molecule has 16 heavy (non-hydrogen) atoms. The molecule has 0 spiro atoms. The highest BCUT2D eigenvalue weighted by Crippen LogP contribution is 2.23. The average Bonchev–Trinajstić information content (AvgIpc) is 2.28. The van der Waals surface area contributed by atoms with E-state index in [1.165, 1.54) is 7.11 Å². The standard InChI is InChI=1S/C11H14ClNO2S/c1-7(6-12)16-10-5-4-9(8(2)13-10)11(14)15-3/h4-5,7H,6H2,1-3H3. The van der Waals surface area contributed by atoms with Crippen molar-refractivity contribution in [1.29, 1.82) is 0 Å². The fraction of sp³-hybridized carbons (Fsp3) is 0.455. The molecule has 88 valence electrons. The Labute approximate surface area is 105 Å². The van der Waals surface area contributed by atoms with Crippen LogP contribution < -0.4 is 0 Å². The molecule has 0 saturated carbocycles. The van der Waals surface area contributed by atoms with Gasteiger partial charge in [0, 0.05) is 11.1 Å². The zero-order chi connectivity index (χ0) is 12.1. The topological polar surface area (TPSA) is 39.2 Å². The zero-order valence-electron chi connectivity index (χ0n) is 9.49. The quantitative estimate of drug-likeness (QED) is 0.474. The molecular formula is C11H14ClNO2S. The number of nitrogens with zero attached hydrogens (tertiary/aromatic N) is 1. The molecule has 0 bridgehead atoms. The van der Waals surface area contributed by atoms with Crippen LogP contribution in [0.3, 0.4) is 0 Å². The van der Waals surface area contributed by atoms with E-state index in [1.54, 1.807) is 24.8 Å². The van der Waals surface area contributed by atoms with Crippen molar-refractivity contribution < 1.29 is 9.53 Å². The van der Waals surface area contributed by atoms with Crippen molar-refractivity contribution in [3.05, 3.63) is 23.4 Å². The predicted octanol–water partition coefficient (Wildman–Crippen LogP) is 2.90. The number of alkyl halides is 1. The second-order valence-corrected chi connectivity index (χ2v) is 5.12. The van der Waals surface area contributed by atoms with Crippen molar-refractivity contribution in [3.8, 4) is 0 Å². The summed E-state index contributed by atoms with van der Waals surface area (Å²) in [5, 5.41) is 1.18. The van der Waals surface area contributed by atoms with E-state index in [-0.39, 0.29) is 5.97 Å². The van der Waals surface area contributed by atoms with Gasteiger partial charge >= 0.3 is 5.97 Å². The lowest BCUT2D eigenvalue weighted by atomic mass is 10.2. The van der Waals surface area contributed by atoms with Crippen molar-refractivity contribution >= 4 is 29.3 Å². The van der Waals surface area contributed by atoms with Crippen molar-refractivity contribution in [2.75, 3.05) is 13.0 Å². The number of thioether (sulfide) groups is 1. The first kappa shape index (κ1) is 13.3. The summed E-state index contributed by atoms with van der Waals surface area (Å²) >= 11 is 7.31. The summed E-state index contributed by atoms with van der Waals surface area (Å²) in [5.74, 6) is 0.219. The number of carbonyl (C=O) groups excluding carboxylic acids is 1. The highest BCUT2D eigenvalue weighted by atomic mass is 35.5. The smallest absolute Gasteiger partial charge is 0.339 e. The van der Waals surface area contributed by atoms with E-state index in [4.69, 9.17) is 11.6 Å². The highest BCUT2D eigenvalue weighted by Gasteiger charge is 2.11. The van der Waals surface area contributed by atoms with Crippen LogP contribution in [0.15, 0.2) is 17.2 Å². The molecule has 1 unspecified atom stereocenters. The molecule has 1 rings (SSSR count). The summed E-state index contributed by atoms with van der Waals surface area (Å²) in [6.07, 6.45) is 0. The summed E-state index contributed by atoms with van der Waals surface area (Å²) in [6.45, 7) is 3.82. The first-order valence-electron chi connectivity index (χ1n) is 4.87. The summed E-state index contributed by atoms with van der Waals surface area (Å²) in [4.78, 5) is 15.7. The fourth-order valence-electron chi connectivity index (χ4n) is 1.17. The third-order valence-corrected chi connectivity index (χ3v) is 3.69. The molecule has 1 atom stereocenters. The van der Waals surface area contributed by atoms with E-state index >= 15 is 0 Å². The van der Waals surface area contributed by atoms with Crippen LogP contribution >= 0.6 is 23.4 Å². The van der Waals surface area contributed by atoms with Crippen molar-refractivity contribution in [2.45, 2.75) is 24.1 Å². The molecule has 5 heteroatoms. The molecule has 0 aliphatic carbocycles. The van der Waals surface area contributed by atoms with E-state index in [1.807, 2.05) is 13.0 Å². The number of ether oxygens (including phenoxy) is 1. The first-order valence-corrected chi connectivity index (χ1v) is 6.28. The molecule has 3 nitrogen and oxygen atoms in total. The van der Waals surface area contributed by atoms with E-state index in [0.29, 0.717) is 22.4 Å². The monoisotopic (exact) mass is 259 g/mol. The van der Waals surface area contributed by atoms with Crippen LogP contribution in [0.4, 0.5) is 0 Å². The SMILES string of the molecule is COC(=O)c1ccc(SC(C)CCl)nc1C. The van der Waals surface area contributed by atoms with Gasteiger partial charge in [-0.15, -0.1) is 23.4 Å². The van der Waals surface area contributed by atoms with Gasteiger partial charge in [0.25, 0.3) is 0 Å². The summed E-state index contributed by atoms with van der Waals surface area (Å²) < 4.78 is 4.65. The average molecular weight is 260 g/mol. The molecule has 0 aromatic carbocycles. The molecular weight excluding hydrogens is 246 g/mol. The second-order valence-electron chi connectivity index (χ2n) is 3.36. The Morgan fingerprint density at radius 2 is 2.31 bits per heavy atom. The zero-order valence-corrected chi connectivity index (χ0v) is 11.1. The van der Waals surface area contributed by atoms with Gasteiger partial charge in [-0.25, -0.2) is 9.78 Å². The minimum atomic E-state index is -0.355. The van der Waals surface area contributed by atoms with Gasteiger partial charge in [-0.1, -0.05) is 6.92 Å². The van der Waals surface area contributed by atoms with Crippen LogP contribution in [0.5, 0.6) is 0 Å². The van der Waals surface area contributed by atoms with E-state index in [9.17, 15) is 4.79 Å². The lowest BCUT2D eigenvalue weighted by Gasteiger charge is -2.08. The summed E-state index contributed by atoms with van der Waals surface area (Å²) in [6, 6.07) is 3.55. The van der Waals surface area contributed by atoms with Crippen LogP contribution in [0.25, 0.3) is 0 Å². The molecule has 0 fully saturated rings. The van der Waals surface area contributed by atoms with Gasteiger partial charge in [-0.3, -0.25) is 0 Å². The van der Waals surface area contributed by atoms with Crippen molar-refractivity contribution in [3.63, 3.8) is 0 Å². The van der Waals surface area contributed by atoms with Crippen molar-refractivity contribution in [1.82, 2.24) is 4.98 Å². The van der Waals surface area contributed by atoms with Crippen LogP contribution in [-0.2, 0) is 4.74 Å². The number of hydrogen-bond donors (Lipinski definition) is 0. The van der Waals surface area contributed by atoms with Crippen LogP contribution in [0, 0.1) is 6.92 Å². The number of halogens is 1. The Kier molecular flexibility index (Phi) is 5.09. The Balaban J connectivity index is 2.86. The highest BCUT2D eigenvalue weighted by molar-refractivity contribution is 7.99. The van der Waals surface area contributed by atoms with Gasteiger partial charge in [0.15, 0.2) is 0 Å². The van der Waals surface area contributed by atoms with Crippen LogP contribution in [0.1, 0.15) is 23.0 Å². The minimum Gasteiger partial charge on any atom is -0.465 e. The van der Waals surface area contributed by atoms with Gasteiger partial charge < -0.3 is 4.74 Å². The van der Waals surface area contributed by atoms with Gasteiger partial charge in [-0.2, -0.15) is 0 Å². The second kappa shape index (κ2) is 6.11. The predicted molar refractivity (Wildman–Crippen MR) is 66.4 cm³/mol. The number of methoxy groups -OCH3 is 1. The molecule has 0 aliphatic rings. The maximum atomic E-state index is 11.3. The molecule has 0 amide bonds. The van der Waals surface area contributed by atoms with Gasteiger partial charge in [0.2, 0.25) is 0 Å². The minimum absolute atomic E-state index is 0.303. The van der Waals surface area contributed by atoms with Crippen molar-refractivity contribution in [2.24, 2.45) is 0 Å². The molecule has 0 radical (unpaired) electrons. The first-order chi connectivity index (χ1) is 7.58. The van der Waals surface area contributed by atoms with E-state index in [2.05, 4.69) is 9.72 Å². The Hall–Kier alpha value is -0.740. The molecule has 0 N–H and O–H groups in total. The molecule has 0 aliphatic heterocycles. The Morgan fingerprint density at radius 3 is 2.81 bits per heavy atom. The Morgan fingerprint density at radius 1 is 1.62 bits per heavy atom. The third kappa shape index (κ3) is 3.39. The number of hydrogen-bond acceptors (Lipinski definition) is 4. The molecule has 1 heterocycles. The number of pyridine rings is 1. The van der Waals surface area contributed by atoms with E-state index in [0.717, 1.165) is 5.03 Å². The summed E-state index contributed by atoms with van der Waals surface area (Å²) in [5.41, 5.74) is 1.18. The maximum Gasteiger partial charge on any atom is 0.339 e. The lowest BCUT2D eigenvalue weighted by Crippen LogP contribution is -2.06. The van der Waals surface area contributed by atoms with Gasteiger partial charge in [0.05, 0.1) is 23.4 Å². The van der Waals surface area contributed by atoms with Gasteiger partial charge in [-0.05, 0) is 19.1 Å². The molecule has 1 aromatic heterocycles. The number of carbonyl (C=O) groups is 1. The number of rotatable bonds is 4. The number of aromatic nitrogens is 1. The van der Waals surface area contributed by atoms with Crippen LogP contribution in [-0.4, -0.2) is 29.2 Å². The fourth-order valence-corrected chi connectivity index (χ4v) is 2.17. The third-order valence-electron chi connectivity index (χ3n) is 2.00. The lowest BCUT2D eigenvalue weighted by molar-refractivity contribution is 0.0599. The molecule has 1 aromatic rings. The summed E-state index contributed by atoms with van der Waals surface area (Å²) in [7, 11) is 1.36. The van der Waals surface area contributed by atoms with E-state index < -0.39 is 0 Å². The Bertz CT molecular complexity index is 384. The number of esters is 1. The molecule has 0 saturated heterocycles. The largest absolute Gasteiger partial charge is 0.465 e.